The van der Waals surface area contributed by atoms with Crippen LogP contribution in [0.2, 0.25) is 0 Å². The predicted octanol–water partition coefficient (Wildman–Crippen LogP) is -0.299. The fourth-order valence-electron chi connectivity index (χ4n) is 3.73. The first-order valence-corrected chi connectivity index (χ1v) is 8.51. The van der Waals surface area contributed by atoms with Crippen LogP contribution in [0.5, 0.6) is 0 Å². The Morgan fingerprint density at radius 3 is 2.29 bits per heavy atom. The minimum Gasteiger partial charge on any atom is -0.339 e. The van der Waals surface area contributed by atoms with Gasteiger partial charge in [0.05, 0.1) is 0 Å². The van der Waals surface area contributed by atoms with Crippen LogP contribution in [0, 0.1) is 5.41 Å². The van der Waals surface area contributed by atoms with Crippen LogP contribution in [0.3, 0.4) is 0 Å². The van der Waals surface area contributed by atoms with Crippen molar-refractivity contribution in [2.45, 2.75) is 26.2 Å². The first-order valence-electron chi connectivity index (χ1n) is 8.51. The molecule has 3 rings (SSSR count). The van der Waals surface area contributed by atoms with Crippen LogP contribution >= 0.6 is 12.4 Å². The number of carbonyl (C=O) groups excluding carboxylic acids is 3. The molecule has 3 saturated heterocycles. The van der Waals surface area contributed by atoms with Gasteiger partial charge in [0.15, 0.2) is 0 Å². The molecule has 3 aliphatic rings. The van der Waals surface area contributed by atoms with E-state index in [-0.39, 0.29) is 49.5 Å². The zero-order valence-corrected chi connectivity index (χ0v) is 15.1. The van der Waals surface area contributed by atoms with Crippen molar-refractivity contribution >= 4 is 30.1 Å². The Labute approximate surface area is 149 Å². The van der Waals surface area contributed by atoms with E-state index >= 15 is 0 Å². The van der Waals surface area contributed by atoms with Gasteiger partial charge in [-0.3, -0.25) is 24.2 Å². The fourth-order valence-corrected chi connectivity index (χ4v) is 3.73. The van der Waals surface area contributed by atoms with Gasteiger partial charge in [-0.2, -0.15) is 0 Å². The van der Waals surface area contributed by atoms with Crippen LogP contribution in [-0.4, -0.2) is 84.8 Å². The van der Waals surface area contributed by atoms with Gasteiger partial charge in [-0.15, -0.1) is 12.4 Å². The summed E-state index contributed by atoms with van der Waals surface area (Å²) >= 11 is 0. The Morgan fingerprint density at radius 2 is 1.75 bits per heavy atom. The Balaban J connectivity index is 0.00000208. The molecule has 7 nitrogen and oxygen atoms in total. The van der Waals surface area contributed by atoms with E-state index in [1.54, 1.807) is 4.90 Å². The van der Waals surface area contributed by atoms with Crippen molar-refractivity contribution in [1.29, 1.82) is 0 Å². The van der Waals surface area contributed by atoms with E-state index in [2.05, 4.69) is 17.1 Å². The number of carbonyl (C=O) groups is 3. The molecule has 0 aromatic heterocycles. The van der Waals surface area contributed by atoms with Gasteiger partial charge in [0, 0.05) is 52.1 Å². The normalized spacial score (nSPS) is 28.4. The first-order chi connectivity index (χ1) is 11.0. The van der Waals surface area contributed by atoms with E-state index in [4.69, 9.17) is 0 Å². The third-order valence-corrected chi connectivity index (χ3v) is 5.24. The van der Waals surface area contributed by atoms with Crippen LogP contribution < -0.4 is 5.32 Å². The minimum absolute atomic E-state index is 0. The van der Waals surface area contributed by atoms with Crippen LogP contribution in [-0.2, 0) is 14.4 Å². The number of hydrogen-bond donors (Lipinski definition) is 1. The number of nitrogens with zero attached hydrogens (tertiary/aromatic N) is 3. The van der Waals surface area contributed by atoms with Gasteiger partial charge in [0.2, 0.25) is 17.7 Å². The minimum atomic E-state index is -0.219. The molecule has 0 aromatic carbocycles. The molecule has 0 bridgehead atoms. The van der Waals surface area contributed by atoms with E-state index in [0.717, 1.165) is 37.6 Å². The molecule has 136 valence electrons. The van der Waals surface area contributed by atoms with E-state index in [1.807, 2.05) is 0 Å². The van der Waals surface area contributed by atoms with Crippen molar-refractivity contribution in [3.05, 3.63) is 0 Å². The van der Waals surface area contributed by atoms with E-state index in [1.165, 1.54) is 6.42 Å². The average molecular weight is 359 g/mol. The maximum absolute atomic E-state index is 12.3. The van der Waals surface area contributed by atoms with Crippen LogP contribution in [0.1, 0.15) is 26.2 Å². The molecule has 3 heterocycles. The van der Waals surface area contributed by atoms with Gasteiger partial charge in [-0.1, -0.05) is 6.92 Å². The Kier molecular flexibility index (Phi) is 6.22. The van der Waals surface area contributed by atoms with Crippen molar-refractivity contribution in [3.63, 3.8) is 0 Å². The number of rotatable bonds is 4. The molecule has 1 unspecified atom stereocenters. The summed E-state index contributed by atoms with van der Waals surface area (Å²) in [6, 6.07) is 0. The summed E-state index contributed by atoms with van der Waals surface area (Å²) in [5.74, 6) is -0.547. The standard InChI is InChI=1S/C16H26N4O3.ClH/c1-16(4-5-17-11-16)12-18-6-8-19(9-7-18)15(23)10-20-13(21)2-3-14(20)22;/h17H,2-12H2,1H3;1H. The molecule has 0 radical (unpaired) electrons. The maximum atomic E-state index is 12.3. The van der Waals surface area contributed by atoms with Crippen molar-refractivity contribution in [2.24, 2.45) is 5.41 Å². The lowest BCUT2D eigenvalue weighted by Gasteiger charge is -2.39. The molecule has 1 N–H and O–H groups in total. The monoisotopic (exact) mass is 358 g/mol. The van der Waals surface area contributed by atoms with E-state index in [9.17, 15) is 14.4 Å². The maximum Gasteiger partial charge on any atom is 0.242 e. The second-order valence-corrected chi connectivity index (χ2v) is 7.27. The van der Waals surface area contributed by atoms with E-state index < -0.39 is 0 Å². The second-order valence-electron chi connectivity index (χ2n) is 7.27. The van der Waals surface area contributed by atoms with Gasteiger partial charge < -0.3 is 10.2 Å². The third-order valence-electron chi connectivity index (χ3n) is 5.24. The van der Waals surface area contributed by atoms with Gasteiger partial charge in [0.25, 0.3) is 0 Å². The Bertz CT molecular complexity index is 484. The molecule has 0 spiro atoms. The molecule has 3 aliphatic heterocycles. The van der Waals surface area contributed by atoms with Crippen LogP contribution in [0.15, 0.2) is 0 Å². The van der Waals surface area contributed by atoms with Crippen LogP contribution in [0.25, 0.3) is 0 Å². The Hall–Kier alpha value is -1.18. The molecule has 3 fully saturated rings. The molecule has 0 aliphatic carbocycles. The zero-order valence-electron chi connectivity index (χ0n) is 14.3. The largest absolute Gasteiger partial charge is 0.339 e. The number of hydrogen-bond acceptors (Lipinski definition) is 5. The molecule has 0 saturated carbocycles. The van der Waals surface area contributed by atoms with Gasteiger partial charge >= 0.3 is 0 Å². The lowest BCUT2D eigenvalue weighted by atomic mass is 9.89. The molecule has 1 atom stereocenters. The molecule has 24 heavy (non-hydrogen) atoms. The highest BCUT2D eigenvalue weighted by Gasteiger charge is 2.34. The summed E-state index contributed by atoms with van der Waals surface area (Å²) in [5.41, 5.74) is 0.334. The lowest BCUT2D eigenvalue weighted by Crippen LogP contribution is -2.53. The number of likely N-dealkylation sites (tertiary alicyclic amines) is 1. The summed E-state index contributed by atoms with van der Waals surface area (Å²) in [5, 5.41) is 3.42. The van der Waals surface area contributed by atoms with Gasteiger partial charge in [-0.05, 0) is 18.4 Å². The Morgan fingerprint density at radius 1 is 1.12 bits per heavy atom. The molecular weight excluding hydrogens is 332 g/mol. The number of amides is 3. The number of nitrogens with one attached hydrogen (secondary N) is 1. The smallest absolute Gasteiger partial charge is 0.242 e. The summed E-state index contributed by atoms with van der Waals surface area (Å²) in [4.78, 5) is 40.8. The summed E-state index contributed by atoms with van der Waals surface area (Å²) in [6.07, 6.45) is 1.68. The van der Waals surface area contributed by atoms with Gasteiger partial charge in [-0.25, -0.2) is 0 Å². The summed E-state index contributed by atoms with van der Waals surface area (Å²) in [7, 11) is 0. The number of halogens is 1. The number of imide groups is 1. The average Bonchev–Trinajstić information content (AvgIpc) is 3.08. The predicted molar refractivity (Wildman–Crippen MR) is 91.8 cm³/mol. The molecule has 0 aromatic rings. The first kappa shape index (κ1) is 19.1. The molecule has 3 amide bonds. The topological polar surface area (TPSA) is 73.0 Å². The fraction of sp³-hybridized carbons (Fsp3) is 0.812. The molecular formula is C16H27ClN4O3. The quantitative estimate of drug-likeness (QED) is 0.699. The SMILES string of the molecule is CC1(CN2CCN(C(=O)CN3C(=O)CCC3=O)CC2)CCNC1.Cl. The number of piperazine rings is 1. The summed E-state index contributed by atoms with van der Waals surface area (Å²) < 4.78 is 0. The highest BCUT2D eigenvalue weighted by atomic mass is 35.5. The van der Waals surface area contributed by atoms with Crippen LogP contribution in [0.4, 0.5) is 0 Å². The molecule has 8 heteroatoms. The van der Waals surface area contributed by atoms with E-state index in [0.29, 0.717) is 18.5 Å². The highest BCUT2D eigenvalue weighted by molar-refractivity contribution is 6.04. The van der Waals surface area contributed by atoms with Crippen molar-refractivity contribution < 1.29 is 14.4 Å². The third kappa shape index (κ3) is 4.26. The van der Waals surface area contributed by atoms with Crippen molar-refractivity contribution in [3.8, 4) is 0 Å². The highest BCUT2D eigenvalue weighted by Crippen LogP contribution is 2.26. The lowest BCUT2D eigenvalue weighted by molar-refractivity contribution is -0.146. The zero-order chi connectivity index (χ0) is 16.4. The second kappa shape index (κ2) is 7.80. The van der Waals surface area contributed by atoms with Crippen molar-refractivity contribution in [1.82, 2.24) is 20.0 Å². The van der Waals surface area contributed by atoms with Crippen molar-refractivity contribution in [2.75, 3.05) is 52.4 Å². The summed E-state index contributed by atoms with van der Waals surface area (Å²) in [6.45, 7) is 8.53. The van der Waals surface area contributed by atoms with Gasteiger partial charge in [0.1, 0.15) is 6.54 Å².